The van der Waals surface area contributed by atoms with Crippen LogP contribution in [0.25, 0.3) is 0 Å². The van der Waals surface area contributed by atoms with Gasteiger partial charge in [0.05, 0.1) is 13.7 Å². The van der Waals surface area contributed by atoms with Gasteiger partial charge in [0, 0.05) is 37.2 Å². The van der Waals surface area contributed by atoms with Gasteiger partial charge in [-0.2, -0.15) is 0 Å². The summed E-state index contributed by atoms with van der Waals surface area (Å²) < 4.78 is 5.22. The van der Waals surface area contributed by atoms with E-state index in [0.717, 1.165) is 38.9 Å². The third-order valence-corrected chi connectivity index (χ3v) is 5.58. The van der Waals surface area contributed by atoms with E-state index in [1.807, 2.05) is 11.8 Å². The number of carbonyl (C=O) groups is 1. The second kappa shape index (κ2) is 11.5. The number of guanidine groups is 1. The Balaban J connectivity index is 0.00000300. The molecule has 1 saturated heterocycles. The lowest BCUT2D eigenvalue weighted by atomic mass is 10.1. The third-order valence-electron chi connectivity index (χ3n) is 5.58. The Hall–Kier alpha value is -1.71. The lowest BCUT2D eigenvalue weighted by Gasteiger charge is -2.21. The van der Waals surface area contributed by atoms with E-state index in [0.29, 0.717) is 29.7 Å². The van der Waals surface area contributed by atoms with Crippen LogP contribution < -0.4 is 15.4 Å². The Morgan fingerprint density at radius 3 is 2.76 bits per heavy atom. The van der Waals surface area contributed by atoms with E-state index in [1.165, 1.54) is 12.8 Å². The number of halogens is 1. The molecule has 8 heteroatoms. The number of benzene rings is 1. The smallest absolute Gasteiger partial charge is 0.225 e. The van der Waals surface area contributed by atoms with Gasteiger partial charge in [0.15, 0.2) is 5.96 Å². The van der Waals surface area contributed by atoms with Crippen molar-refractivity contribution in [1.82, 2.24) is 15.5 Å². The molecular formula is C21H33IN4O3. The summed E-state index contributed by atoms with van der Waals surface area (Å²) in [5, 5.41) is 16.7. The summed E-state index contributed by atoms with van der Waals surface area (Å²) in [6, 6.07) is 5.33. The molecule has 1 heterocycles. The lowest BCUT2D eigenvalue weighted by molar-refractivity contribution is -0.134. The fourth-order valence-electron chi connectivity index (χ4n) is 4.00. The minimum absolute atomic E-state index is 0. The molecule has 1 atom stereocenters. The number of rotatable bonds is 6. The monoisotopic (exact) mass is 516 g/mol. The van der Waals surface area contributed by atoms with Gasteiger partial charge >= 0.3 is 0 Å². The molecular weight excluding hydrogens is 483 g/mol. The van der Waals surface area contributed by atoms with Gasteiger partial charge in [-0.3, -0.25) is 4.79 Å². The average Bonchev–Trinajstić information content (AvgIpc) is 3.39. The number of likely N-dealkylation sites (tertiary alicyclic amines) is 1. The van der Waals surface area contributed by atoms with Crippen LogP contribution in [0.2, 0.25) is 0 Å². The zero-order chi connectivity index (χ0) is 19.9. The second-order valence-electron chi connectivity index (χ2n) is 7.59. The van der Waals surface area contributed by atoms with Crippen LogP contribution in [-0.2, 0) is 11.3 Å². The van der Waals surface area contributed by atoms with Crippen molar-refractivity contribution in [3.8, 4) is 11.5 Å². The number of methoxy groups -OCH3 is 1. The molecule has 1 unspecified atom stereocenters. The summed E-state index contributed by atoms with van der Waals surface area (Å²) in [5.41, 5.74) is 0.709. The second-order valence-corrected chi connectivity index (χ2v) is 7.59. The number of ether oxygens (including phenoxy) is 1. The van der Waals surface area contributed by atoms with Crippen molar-refractivity contribution in [3.05, 3.63) is 23.8 Å². The molecule has 0 radical (unpaired) electrons. The summed E-state index contributed by atoms with van der Waals surface area (Å²) in [6.07, 6.45) is 5.37. The number of hydrogen-bond acceptors (Lipinski definition) is 4. The fraction of sp³-hybridized carbons (Fsp3) is 0.619. The van der Waals surface area contributed by atoms with Crippen LogP contribution in [0, 0.1) is 5.92 Å². The van der Waals surface area contributed by atoms with E-state index >= 15 is 0 Å². The number of aliphatic imine (C=N–C) groups is 1. The minimum Gasteiger partial charge on any atom is -0.508 e. The van der Waals surface area contributed by atoms with E-state index in [1.54, 1.807) is 25.3 Å². The Morgan fingerprint density at radius 2 is 2.07 bits per heavy atom. The molecule has 1 amide bonds. The van der Waals surface area contributed by atoms with Crippen LogP contribution in [0.15, 0.2) is 23.2 Å². The summed E-state index contributed by atoms with van der Waals surface area (Å²) in [5.74, 6) is 2.15. The van der Waals surface area contributed by atoms with Crippen LogP contribution in [0.5, 0.6) is 11.5 Å². The molecule has 7 nitrogen and oxygen atoms in total. The van der Waals surface area contributed by atoms with Crippen molar-refractivity contribution in [2.75, 3.05) is 26.7 Å². The maximum Gasteiger partial charge on any atom is 0.225 e. The van der Waals surface area contributed by atoms with Crippen LogP contribution in [0.4, 0.5) is 0 Å². The van der Waals surface area contributed by atoms with Crippen LogP contribution >= 0.6 is 24.0 Å². The van der Waals surface area contributed by atoms with E-state index < -0.39 is 0 Å². The maximum atomic E-state index is 12.6. The highest BCUT2D eigenvalue weighted by Gasteiger charge is 2.32. The molecule has 162 valence electrons. The SMILES string of the molecule is CCNC(=NCc1cc(OC)ccc1O)NC1CCN(C(=O)C2CCCC2)C1.I. The molecule has 1 aromatic carbocycles. The van der Waals surface area contributed by atoms with Gasteiger partial charge in [0.1, 0.15) is 11.5 Å². The highest BCUT2D eigenvalue weighted by Crippen LogP contribution is 2.28. The van der Waals surface area contributed by atoms with E-state index in [2.05, 4.69) is 15.6 Å². The topological polar surface area (TPSA) is 86.2 Å². The fourth-order valence-corrected chi connectivity index (χ4v) is 4.00. The molecule has 29 heavy (non-hydrogen) atoms. The standard InChI is InChI=1S/C21H32N4O3.HI/c1-3-22-21(23-13-16-12-18(28-2)8-9-19(16)26)24-17-10-11-25(14-17)20(27)15-6-4-5-7-15;/h8-9,12,15,17,26H,3-7,10-11,13-14H2,1-2H3,(H2,22,23,24);1H. The molecule has 2 fully saturated rings. The molecule has 0 bridgehead atoms. The van der Waals surface area contributed by atoms with E-state index in [4.69, 9.17) is 4.74 Å². The van der Waals surface area contributed by atoms with Crippen LogP contribution in [0.1, 0.15) is 44.6 Å². The summed E-state index contributed by atoms with van der Waals surface area (Å²) in [7, 11) is 1.60. The van der Waals surface area contributed by atoms with Crippen molar-refractivity contribution in [2.24, 2.45) is 10.9 Å². The van der Waals surface area contributed by atoms with Crippen LogP contribution in [0.3, 0.4) is 0 Å². The zero-order valence-electron chi connectivity index (χ0n) is 17.3. The van der Waals surface area contributed by atoms with Gasteiger partial charge < -0.3 is 25.4 Å². The quantitative estimate of drug-likeness (QED) is 0.308. The normalized spacial score (nSPS) is 19.7. The van der Waals surface area contributed by atoms with Crippen LogP contribution in [-0.4, -0.2) is 54.7 Å². The Morgan fingerprint density at radius 1 is 1.31 bits per heavy atom. The lowest BCUT2D eigenvalue weighted by Crippen LogP contribution is -2.45. The molecule has 1 aliphatic carbocycles. The number of phenols is 1. The van der Waals surface area contributed by atoms with E-state index in [-0.39, 0.29) is 41.7 Å². The Labute approximate surface area is 190 Å². The minimum atomic E-state index is 0. The average molecular weight is 516 g/mol. The highest BCUT2D eigenvalue weighted by atomic mass is 127. The summed E-state index contributed by atoms with van der Waals surface area (Å²) in [4.78, 5) is 19.2. The molecule has 1 aliphatic heterocycles. The summed E-state index contributed by atoms with van der Waals surface area (Å²) >= 11 is 0. The molecule has 2 aliphatic rings. The number of phenolic OH excluding ortho intramolecular Hbond substituents is 1. The first-order chi connectivity index (χ1) is 13.6. The van der Waals surface area contributed by atoms with E-state index in [9.17, 15) is 9.90 Å². The molecule has 3 N–H and O–H groups in total. The number of amides is 1. The number of hydrogen-bond donors (Lipinski definition) is 3. The zero-order valence-corrected chi connectivity index (χ0v) is 19.6. The first kappa shape index (κ1) is 23.6. The number of nitrogens with one attached hydrogen (secondary N) is 2. The van der Waals surface area contributed by atoms with Gasteiger partial charge in [0.25, 0.3) is 0 Å². The van der Waals surface area contributed by atoms with Crippen molar-refractivity contribution < 1.29 is 14.6 Å². The van der Waals surface area contributed by atoms with Gasteiger partial charge in [-0.15, -0.1) is 24.0 Å². The van der Waals surface area contributed by atoms with Crippen molar-refractivity contribution in [1.29, 1.82) is 0 Å². The number of carbonyl (C=O) groups excluding carboxylic acids is 1. The predicted molar refractivity (Wildman–Crippen MR) is 125 cm³/mol. The van der Waals surface area contributed by atoms with Gasteiger partial charge in [-0.1, -0.05) is 12.8 Å². The first-order valence-electron chi connectivity index (χ1n) is 10.3. The van der Waals surface area contributed by atoms with Crippen molar-refractivity contribution in [2.45, 2.75) is 51.6 Å². The Bertz CT molecular complexity index is 707. The maximum absolute atomic E-state index is 12.6. The predicted octanol–water partition coefficient (Wildman–Crippen LogP) is 2.87. The molecule has 3 rings (SSSR count). The molecule has 0 spiro atoms. The van der Waals surface area contributed by atoms with Gasteiger partial charge in [-0.25, -0.2) is 4.99 Å². The number of aromatic hydroxyl groups is 1. The highest BCUT2D eigenvalue weighted by molar-refractivity contribution is 14.0. The Kier molecular flexibility index (Phi) is 9.32. The van der Waals surface area contributed by atoms with Gasteiger partial charge in [-0.05, 0) is 44.4 Å². The number of nitrogens with zero attached hydrogens (tertiary/aromatic N) is 2. The molecule has 1 aromatic rings. The third kappa shape index (κ3) is 6.38. The van der Waals surface area contributed by atoms with Gasteiger partial charge in [0.2, 0.25) is 5.91 Å². The van der Waals surface area contributed by atoms with Crippen molar-refractivity contribution >= 4 is 35.8 Å². The largest absolute Gasteiger partial charge is 0.508 e. The molecule has 0 aromatic heterocycles. The first-order valence-corrected chi connectivity index (χ1v) is 10.3. The molecule has 1 saturated carbocycles. The summed E-state index contributed by atoms with van der Waals surface area (Å²) in [6.45, 7) is 4.64. The van der Waals surface area contributed by atoms with Crippen molar-refractivity contribution in [3.63, 3.8) is 0 Å².